The first-order chi connectivity index (χ1) is 14.7. The maximum Gasteiger partial charge on any atom is 0.269 e. The van der Waals surface area contributed by atoms with Crippen molar-refractivity contribution in [3.8, 4) is 0 Å². The molecule has 0 saturated heterocycles. The molecule has 0 atom stereocenters. The van der Waals surface area contributed by atoms with Crippen LogP contribution in [0.15, 0.2) is 70.8 Å². The Balaban J connectivity index is 1.68. The molecule has 0 aliphatic carbocycles. The molecule has 0 saturated carbocycles. The van der Waals surface area contributed by atoms with Gasteiger partial charge in [-0.25, -0.2) is 13.1 Å². The van der Waals surface area contributed by atoms with E-state index in [4.69, 9.17) is 0 Å². The number of nitro groups is 1. The molecule has 2 aromatic carbocycles. The summed E-state index contributed by atoms with van der Waals surface area (Å²) in [4.78, 5) is 22.6. The van der Waals surface area contributed by atoms with Gasteiger partial charge in [-0.15, -0.1) is 0 Å². The molecule has 11 heteroatoms. The van der Waals surface area contributed by atoms with Crippen molar-refractivity contribution in [2.45, 2.75) is 11.8 Å². The summed E-state index contributed by atoms with van der Waals surface area (Å²) in [5.41, 5.74) is 4.82. The zero-order chi connectivity index (χ0) is 22.6. The molecule has 3 aromatic rings. The maximum absolute atomic E-state index is 12.4. The molecule has 10 nitrogen and oxygen atoms in total. The predicted octanol–water partition coefficient (Wildman–Crippen LogP) is 2.81. The Labute approximate surface area is 178 Å². The van der Waals surface area contributed by atoms with Gasteiger partial charge in [-0.1, -0.05) is 17.7 Å². The largest absolute Gasteiger partial charge is 0.349 e. The zero-order valence-electron chi connectivity index (χ0n) is 16.6. The number of hydrogen-bond acceptors (Lipinski definition) is 7. The lowest BCUT2D eigenvalue weighted by Crippen LogP contribution is -2.30. The minimum Gasteiger partial charge on any atom is -0.349 e. The molecule has 0 aliphatic heterocycles. The normalized spacial score (nSPS) is 11.4. The first-order valence-corrected chi connectivity index (χ1v) is 10.5. The van der Waals surface area contributed by atoms with E-state index in [-0.39, 0.29) is 16.1 Å². The highest BCUT2D eigenvalue weighted by Crippen LogP contribution is 2.15. The number of carbonyl (C=O) groups is 1. The number of carbonyl (C=O) groups excluding carboxylic acids is 1. The molecule has 0 bridgehead atoms. The minimum atomic E-state index is -3.99. The fourth-order valence-corrected chi connectivity index (χ4v) is 3.60. The van der Waals surface area contributed by atoms with Gasteiger partial charge in [0.2, 0.25) is 0 Å². The number of hydrogen-bond donors (Lipinski definition) is 2. The highest BCUT2D eigenvalue weighted by atomic mass is 32.2. The van der Waals surface area contributed by atoms with Gasteiger partial charge in [0, 0.05) is 25.4 Å². The van der Waals surface area contributed by atoms with Crippen LogP contribution in [0.1, 0.15) is 21.6 Å². The average molecular weight is 441 g/mol. The van der Waals surface area contributed by atoms with Crippen molar-refractivity contribution in [1.82, 2.24) is 9.29 Å². The van der Waals surface area contributed by atoms with Crippen LogP contribution < -0.4 is 10.1 Å². The fourth-order valence-electron chi connectivity index (χ4n) is 2.62. The summed E-state index contributed by atoms with van der Waals surface area (Å²) in [5, 5.41) is 14.7. The van der Waals surface area contributed by atoms with Gasteiger partial charge < -0.3 is 4.57 Å². The Morgan fingerprint density at radius 1 is 1.13 bits per heavy atom. The van der Waals surface area contributed by atoms with Crippen molar-refractivity contribution >= 4 is 33.5 Å². The predicted molar refractivity (Wildman–Crippen MR) is 116 cm³/mol. The summed E-state index contributed by atoms with van der Waals surface area (Å²) in [6.07, 6.45) is 2.92. The molecule has 0 radical (unpaired) electrons. The number of aryl methyl sites for hydroxylation is 2. The SMILES string of the molecule is Cc1ccc(S(=O)(=O)NC(=O)c2cc(C=NNc3ccc([N+](=O)[O-])cc3)n(C)c2)cc1. The van der Waals surface area contributed by atoms with Crippen LogP contribution in [0.3, 0.4) is 0 Å². The molecule has 0 fully saturated rings. The second-order valence-corrected chi connectivity index (χ2v) is 8.37. The number of amides is 1. The van der Waals surface area contributed by atoms with Crippen LogP contribution in [0.25, 0.3) is 0 Å². The van der Waals surface area contributed by atoms with E-state index in [1.807, 2.05) is 11.6 Å². The van der Waals surface area contributed by atoms with Crippen molar-refractivity contribution in [3.05, 3.63) is 87.7 Å². The number of rotatable bonds is 7. The summed E-state index contributed by atoms with van der Waals surface area (Å²) in [5.74, 6) is -0.765. The van der Waals surface area contributed by atoms with Crippen LogP contribution in [-0.4, -0.2) is 30.0 Å². The number of nitrogens with zero attached hydrogens (tertiary/aromatic N) is 3. The number of nitrogens with one attached hydrogen (secondary N) is 2. The molecule has 31 heavy (non-hydrogen) atoms. The van der Waals surface area contributed by atoms with E-state index >= 15 is 0 Å². The number of benzene rings is 2. The van der Waals surface area contributed by atoms with E-state index < -0.39 is 20.9 Å². The highest BCUT2D eigenvalue weighted by Gasteiger charge is 2.20. The molecule has 3 rings (SSSR count). The number of anilines is 1. The Morgan fingerprint density at radius 2 is 1.77 bits per heavy atom. The van der Waals surface area contributed by atoms with Crippen molar-refractivity contribution in [1.29, 1.82) is 0 Å². The third-order valence-corrected chi connectivity index (χ3v) is 5.68. The molecule has 0 aliphatic rings. The lowest BCUT2D eigenvalue weighted by molar-refractivity contribution is -0.384. The second kappa shape index (κ2) is 8.79. The van der Waals surface area contributed by atoms with E-state index in [2.05, 4.69) is 10.5 Å². The lowest BCUT2D eigenvalue weighted by atomic mass is 10.2. The van der Waals surface area contributed by atoms with Gasteiger partial charge in [0.05, 0.1) is 33.0 Å². The Morgan fingerprint density at radius 3 is 2.39 bits per heavy atom. The quantitative estimate of drug-likeness (QED) is 0.329. The van der Waals surface area contributed by atoms with Gasteiger partial charge in [-0.3, -0.25) is 20.3 Å². The maximum atomic E-state index is 12.4. The topological polar surface area (TPSA) is 136 Å². The van der Waals surface area contributed by atoms with Crippen LogP contribution in [0.4, 0.5) is 11.4 Å². The molecule has 1 aromatic heterocycles. The second-order valence-electron chi connectivity index (χ2n) is 6.69. The molecular formula is C20H19N5O5S. The van der Waals surface area contributed by atoms with Crippen molar-refractivity contribution in [3.63, 3.8) is 0 Å². The number of aromatic nitrogens is 1. The van der Waals surface area contributed by atoms with Gasteiger partial charge in [0.1, 0.15) is 0 Å². The molecule has 160 valence electrons. The average Bonchev–Trinajstić information content (AvgIpc) is 3.09. The van der Waals surface area contributed by atoms with Crippen LogP contribution in [0, 0.1) is 17.0 Å². The molecule has 1 amide bonds. The van der Waals surface area contributed by atoms with Crippen molar-refractivity contribution in [2.24, 2.45) is 12.1 Å². The smallest absolute Gasteiger partial charge is 0.269 e. The van der Waals surface area contributed by atoms with E-state index in [0.29, 0.717) is 11.4 Å². The van der Waals surface area contributed by atoms with Gasteiger partial charge in [0.15, 0.2) is 0 Å². The van der Waals surface area contributed by atoms with Gasteiger partial charge in [0.25, 0.3) is 21.6 Å². The Kier molecular flexibility index (Phi) is 6.16. The Bertz CT molecular complexity index is 1250. The minimum absolute atomic E-state index is 0.00327. The van der Waals surface area contributed by atoms with Gasteiger partial charge in [-0.2, -0.15) is 5.10 Å². The number of sulfonamides is 1. The van der Waals surface area contributed by atoms with E-state index in [9.17, 15) is 23.3 Å². The fraction of sp³-hybridized carbons (Fsp3) is 0.100. The van der Waals surface area contributed by atoms with Crippen molar-refractivity contribution < 1.29 is 18.1 Å². The monoisotopic (exact) mass is 441 g/mol. The van der Waals surface area contributed by atoms with Crippen LogP contribution in [0.5, 0.6) is 0 Å². The zero-order valence-corrected chi connectivity index (χ0v) is 17.5. The summed E-state index contributed by atoms with van der Waals surface area (Å²) in [6.45, 7) is 1.83. The third-order valence-electron chi connectivity index (χ3n) is 4.33. The van der Waals surface area contributed by atoms with Crippen molar-refractivity contribution in [2.75, 3.05) is 5.43 Å². The standard InChI is InChI=1S/C20H19N5O5S/c1-14-3-9-19(10-4-14)31(29,30)23-20(26)15-11-18(24(2)13-15)12-21-22-16-5-7-17(8-6-16)25(27)28/h3-13,22H,1-2H3,(H,23,26). The highest BCUT2D eigenvalue weighted by molar-refractivity contribution is 7.90. The summed E-state index contributed by atoms with van der Waals surface area (Å²) >= 11 is 0. The molecule has 0 spiro atoms. The van der Waals surface area contributed by atoms with Crippen LogP contribution in [0.2, 0.25) is 0 Å². The van der Waals surface area contributed by atoms with Crippen LogP contribution in [-0.2, 0) is 17.1 Å². The number of non-ortho nitro benzene ring substituents is 1. The summed E-state index contributed by atoms with van der Waals surface area (Å²) in [7, 11) is -2.31. The van der Waals surface area contributed by atoms with Crippen LogP contribution >= 0.6 is 0 Å². The number of nitro benzene ring substituents is 1. The summed E-state index contributed by atoms with van der Waals surface area (Å²) < 4.78 is 28.4. The van der Waals surface area contributed by atoms with E-state index in [1.165, 1.54) is 54.9 Å². The molecular weight excluding hydrogens is 422 g/mol. The first-order valence-electron chi connectivity index (χ1n) is 8.99. The third kappa shape index (κ3) is 5.34. The van der Waals surface area contributed by atoms with E-state index in [0.717, 1.165) is 5.56 Å². The van der Waals surface area contributed by atoms with Gasteiger partial charge >= 0.3 is 0 Å². The van der Waals surface area contributed by atoms with E-state index in [1.54, 1.807) is 23.7 Å². The number of hydrazone groups is 1. The van der Waals surface area contributed by atoms with Gasteiger partial charge in [-0.05, 0) is 37.3 Å². The summed E-state index contributed by atoms with van der Waals surface area (Å²) in [6, 6.07) is 13.3. The first kappa shape index (κ1) is 21.7. The molecule has 2 N–H and O–H groups in total. The lowest BCUT2D eigenvalue weighted by Gasteiger charge is -2.06. The molecule has 0 unspecified atom stereocenters. The molecule has 1 heterocycles. The Hall–Kier alpha value is -3.99.